The molecule has 0 aliphatic rings. The third-order valence-electron chi connectivity index (χ3n) is 2.26. The number of hydrogen-bond donors (Lipinski definition) is 1. The zero-order valence-corrected chi connectivity index (χ0v) is 11.8. The second-order valence-electron chi connectivity index (χ2n) is 3.75. The van der Waals surface area contributed by atoms with Crippen molar-refractivity contribution >= 4 is 35.3 Å². The molecule has 1 N–H and O–H groups in total. The summed E-state index contributed by atoms with van der Waals surface area (Å²) in [7, 11) is 0. The van der Waals surface area contributed by atoms with Gasteiger partial charge in [0.25, 0.3) is 5.76 Å². The van der Waals surface area contributed by atoms with Crippen molar-refractivity contribution in [1.82, 2.24) is 0 Å². The van der Waals surface area contributed by atoms with Gasteiger partial charge in [0.2, 0.25) is 0 Å². The second kappa shape index (κ2) is 7.31. The van der Waals surface area contributed by atoms with E-state index in [1.54, 1.807) is 36.4 Å². The van der Waals surface area contributed by atoms with Crippen LogP contribution in [0.5, 0.6) is 0 Å². The number of halogens is 3. The highest BCUT2D eigenvalue weighted by Crippen LogP contribution is 2.20. The first-order chi connectivity index (χ1) is 9.63. The van der Waals surface area contributed by atoms with Gasteiger partial charge in [-0.1, -0.05) is 23.4 Å². The number of rotatable bonds is 6. The second-order valence-corrected chi connectivity index (χ2v) is 5.17. The van der Waals surface area contributed by atoms with Crippen LogP contribution in [0.25, 0.3) is 0 Å². The van der Waals surface area contributed by atoms with E-state index in [-0.39, 0.29) is 5.75 Å². The summed E-state index contributed by atoms with van der Waals surface area (Å²) in [4.78, 5) is 0. The average Bonchev–Trinajstić information content (AvgIpc) is 2.87. The number of thioether (sulfide) groups is 1. The average molecular weight is 317 g/mol. The van der Waals surface area contributed by atoms with E-state index in [2.05, 4.69) is 10.5 Å². The number of nitrogens with one attached hydrogen (secondary N) is 1. The molecule has 0 unspecified atom stereocenters. The van der Waals surface area contributed by atoms with E-state index in [4.69, 9.17) is 16.0 Å². The molecule has 0 aliphatic carbocycles. The molecule has 7 heteroatoms. The number of anilines is 1. The number of hydrogen-bond acceptors (Lipinski definition) is 4. The highest BCUT2D eigenvalue weighted by atomic mass is 35.5. The van der Waals surface area contributed by atoms with Crippen molar-refractivity contribution in [1.29, 1.82) is 0 Å². The maximum atomic E-state index is 12.0. The molecule has 0 bridgehead atoms. The van der Waals surface area contributed by atoms with Gasteiger partial charge in [0.05, 0.1) is 17.7 Å². The van der Waals surface area contributed by atoms with Gasteiger partial charge < -0.3 is 4.42 Å². The van der Waals surface area contributed by atoms with Gasteiger partial charge in [-0.15, -0.1) is 0 Å². The van der Waals surface area contributed by atoms with Gasteiger partial charge in [-0.05, 0) is 36.4 Å². The van der Waals surface area contributed by atoms with Crippen molar-refractivity contribution in [2.24, 2.45) is 5.10 Å². The van der Waals surface area contributed by atoms with Crippen LogP contribution in [-0.4, -0.2) is 12.0 Å². The lowest BCUT2D eigenvalue weighted by atomic mass is 10.3. The van der Waals surface area contributed by atoms with Gasteiger partial charge >= 0.3 is 0 Å². The predicted octanol–water partition coefficient (Wildman–Crippen LogP) is 4.83. The third-order valence-corrected chi connectivity index (χ3v) is 3.22. The molecule has 0 amide bonds. The third kappa shape index (κ3) is 4.86. The molecule has 3 nitrogen and oxygen atoms in total. The highest BCUT2D eigenvalue weighted by Gasteiger charge is 2.06. The van der Waals surface area contributed by atoms with Crippen molar-refractivity contribution in [3.63, 3.8) is 0 Å². The Labute approximate surface area is 124 Å². The fourth-order valence-corrected chi connectivity index (χ4v) is 1.95. The van der Waals surface area contributed by atoms with Crippen LogP contribution >= 0.6 is 23.4 Å². The lowest BCUT2D eigenvalue weighted by Gasteiger charge is -1.98. The minimum Gasteiger partial charge on any atom is -0.459 e. The Bertz CT molecular complexity index is 572. The molecule has 0 fully saturated rings. The number of nitrogens with zero attached hydrogens (tertiary/aromatic N) is 1. The Balaban J connectivity index is 1.86. The fraction of sp³-hybridized carbons (Fsp3) is 0.154. The van der Waals surface area contributed by atoms with Crippen LogP contribution in [0, 0.1) is 0 Å². The van der Waals surface area contributed by atoms with Crippen LogP contribution < -0.4 is 5.43 Å². The van der Waals surface area contributed by atoms with Gasteiger partial charge in [0, 0.05) is 5.02 Å². The van der Waals surface area contributed by atoms with Gasteiger partial charge in [-0.3, -0.25) is 5.43 Å². The maximum absolute atomic E-state index is 12.0. The standard InChI is InChI=1S/C13H11ClF2N2OS/c14-9-1-3-10(4-2-9)18-17-7-11-5-6-12(19-11)8-20-13(15)16/h1-7,13,18H,8H2/b17-7-. The SMILES string of the molecule is FC(F)SCc1ccc(/C=N\Nc2ccc(Cl)cc2)o1. The zero-order valence-electron chi connectivity index (χ0n) is 10.2. The number of benzene rings is 1. The topological polar surface area (TPSA) is 37.5 Å². The normalized spacial score (nSPS) is 11.4. The molecule has 1 heterocycles. The molecule has 0 spiro atoms. The first kappa shape index (κ1) is 14.9. The van der Waals surface area contributed by atoms with Gasteiger partial charge in [0.15, 0.2) is 0 Å². The minimum absolute atomic E-state index is 0.135. The van der Waals surface area contributed by atoms with Gasteiger partial charge in [0.1, 0.15) is 11.5 Å². The van der Waals surface area contributed by atoms with E-state index in [1.807, 2.05) is 0 Å². The summed E-state index contributed by atoms with van der Waals surface area (Å²) in [6.07, 6.45) is 1.48. The summed E-state index contributed by atoms with van der Waals surface area (Å²) in [5, 5.41) is 4.63. The van der Waals surface area contributed by atoms with Crippen LogP contribution in [0.3, 0.4) is 0 Å². The molecule has 2 rings (SSSR count). The van der Waals surface area contributed by atoms with Crippen molar-refractivity contribution in [3.8, 4) is 0 Å². The van der Waals surface area contributed by atoms with Crippen LogP contribution in [0.4, 0.5) is 14.5 Å². The first-order valence-electron chi connectivity index (χ1n) is 5.66. The van der Waals surface area contributed by atoms with Crippen LogP contribution in [0.2, 0.25) is 5.02 Å². The molecule has 0 aliphatic heterocycles. The smallest absolute Gasteiger partial charge is 0.284 e. The molecule has 0 saturated carbocycles. The zero-order chi connectivity index (χ0) is 14.4. The van der Waals surface area contributed by atoms with Crippen molar-refractivity contribution in [3.05, 3.63) is 52.9 Å². The fourth-order valence-electron chi connectivity index (χ4n) is 1.38. The quantitative estimate of drug-likeness (QED) is 0.612. The Morgan fingerprint density at radius 1 is 1.25 bits per heavy atom. The first-order valence-corrected chi connectivity index (χ1v) is 7.09. The van der Waals surface area contributed by atoms with Crippen molar-refractivity contribution in [2.45, 2.75) is 11.5 Å². The summed E-state index contributed by atoms with van der Waals surface area (Å²) < 4.78 is 29.4. The number of furan rings is 1. The van der Waals surface area contributed by atoms with Crippen molar-refractivity contribution in [2.75, 3.05) is 5.43 Å². The van der Waals surface area contributed by atoms with E-state index >= 15 is 0 Å². The monoisotopic (exact) mass is 316 g/mol. The van der Waals surface area contributed by atoms with Crippen LogP contribution in [0.1, 0.15) is 11.5 Å². The molecule has 20 heavy (non-hydrogen) atoms. The van der Waals surface area contributed by atoms with Crippen LogP contribution in [-0.2, 0) is 5.75 Å². The Morgan fingerprint density at radius 3 is 2.70 bits per heavy atom. The summed E-state index contributed by atoms with van der Waals surface area (Å²) in [6, 6.07) is 10.4. The molecule has 0 radical (unpaired) electrons. The molecular formula is C13H11ClF2N2OS. The summed E-state index contributed by atoms with van der Waals surface area (Å²) in [5.41, 5.74) is 3.59. The van der Waals surface area contributed by atoms with E-state index in [0.29, 0.717) is 28.3 Å². The molecule has 1 aromatic heterocycles. The molecular weight excluding hydrogens is 306 g/mol. The molecule has 2 aromatic rings. The lowest BCUT2D eigenvalue weighted by Crippen LogP contribution is -1.89. The van der Waals surface area contributed by atoms with E-state index in [9.17, 15) is 8.78 Å². The minimum atomic E-state index is -2.40. The van der Waals surface area contributed by atoms with Crippen LogP contribution in [0.15, 0.2) is 45.9 Å². The highest BCUT2D eigenvalue weighted by molar-refractivity contribution is 7.98. The largest absolute Gasteiger partial charge is 0.459 e. The molecule has 106 valence electrons. The molecule has 1 aromatic carbocycles. The number of alkyl halides is 2. The molecule has 0 saturated heterocycles. The number of hydrazone groups is 1. The summed E-state index contributed by atoms with van der Waals surface area (Å²) >= 11 is 6.28. The Morgan fingerprint density at radius 2 is 2.00 bits per heavy atom. The van der Waals surface area contributed by atoms with E-state index < -0.39 is 5.76 Å². The Hall–Kier alpha value is -1.53. The molecule has 0 atom stereocenters. The summed E-state index contributed by atoms with van der Waals surface area (Å²) in [5.74, 6) is -1.28. The van der Waals surface area contributed by atoms with Crippen molar-refractivity contribution < 1.29 is 13.2 Å². The maximum Gasteiger partial charge on any atom is 0.284 e. The summed E-state index contributed by atoms with van der Waals surface area (Å²) in [6.45, 7) is 0. The van der Waals surface area contributed by atoms with E-state index in [0.717, 1.165) is 5.69 Å². The predicted molar refractivity (Wildman–Crippen MR) is 78.7 cm³/mol. The Kier molecular flexibility index (Phi) is 5.43. The van der Waals surface area contributed by atoms with Gasteiger partial charge in [-0.2, -0.15) is 13.9 Å². The van der Waals surface area contributed by atoms with Gasteiger partial charge in [-0.25, -0.2) is 0 Å². The lowest BCUT2D eigenvalue weighted by molar-refractivity contribution is 0.251. The van der Waals surface area contributed by atoms with E-state index in [1.165, 1.54) is 6.21 Å².